The molecule has 0 aromatic heterocycles. The van der Waals surface area contributed by atoms with Crippen molar-refractivity contribution in [2.75, 3.05) is 0 Å². The second-order valence-corrected chi connectivity index (χ2v) is 3.30. The molecule has 1 aliphatic carbocycles. The second-order valence-electron chi connectivity index (χ2n) is 3.30. The fourth-order valence-electron chi connectivity index (χ4n) is 1.58. The molecule has 1 atom stereocenters. The monoisotopic (exact) mass is 162 g/mol. The average Bonchev–Trinajstić information content (AvgIpc) is 2.58. The highest BCUT2D eigenvalue weighted by Gasteiger charge is 2.22. The Labute approximate surface area is 73.4 Å². The molecule has 2 rings (SSSR count). The van der Waals surface area contributed by atoms with Crippen molar-refractivity contribution in [1.29, 1.82) is 0 Å². The third-order valence-electron chi connectivity index (χ3n) is 2.29. The zero-order chi connectivity index (χ0) is 8.39. The van der Waals surface area contributed by atoms with E-state index in [0.717, 1.165) is 12.2 Å². The van der Waals surface area contributed by atoms with Gasteiger partial charge in [-0.15, -0.1) is 0 Å². The molecule has 0 aromatic carbocycles. The number of fused-ring (bicyclic) bond motifs is 1. The van der Waals surface area contributed by atoms with Crippen molar-refractivity contribution in [1.82, 2.24) is 0 Å². The van der Waals surface area contributed by atoms with E-state index in [-0.39, 0.29) is 6.10 Å². The maximum absolute atomic E-state index is 5.69. The van der Waals surface area contributed by atoms with Gasteiger partial charge in [-0.2, -0.15) is 0 Å². The van der Waals surface area contributed by atoms with Crippen LogP contribution >= 0.6 is 0 Å². The van der Waals surface area contributed by atoms with E-state index in [2.05, 4.69) is 31.2 Å². The molecule has 1 unspecified atom stereocenters. The minimum atomic E-state index is 0.247. The maximum Gasteiger partial charge on any atom is 0.142 e. The van der Waals surface area contributed by atoms with E-state index in [1.807, 2.05) is 0 Å². The normalized spacial score (nSPS) is 24.9. The van der Waals surface area contributed by atoms with Gasteiger partial charge in [-0.25, -0.2) is 0 Å². The van der Waals surface area contributed by atoms with Gasteiger partial charge in [0.25, 0.3) is 0 Å². The van der Waals surface area contributed by atoms with Crippen LogP contribution in [0.25, 0.3) is 0 Å². The predicted octanol–water partition coefficient (Wildman–Crippen LogP) is 2.96. The Morgan fingerprint density at radius 1 is 1.50 bits per heavy atom. The van der Waals surface area contributed by atoms with Crippen molar-refractivity contribution in [2.24, 2.45) is 0 Å². The van der Waals surface area contributed by atoms with E-state index in [0.29, 0.717) is 0 Å². The summed E-state index contributed by atoms with van der Waals surface area (Å²) in [6, 6.07) is 0. The molecular formula is C11H14O. The van der Waals surface area contributed by atoms with Crippen LogP contribution in [0.15, 0.2) is 35.6 Å². The summed E-state index contributed by atoms with van der Waals surface area (Å²) in [5, 5.41) is 0. The summed E-state index contributed by atoms with van der Waals surface area (Å²) in [5.74, 6) is 1.16. The number of allylic oxidation sites excluding steroid dienone is 3. The number of unbranched alkanes of at least 4 members (excludes halogenated alkanes) is 1. The third-order valence-corrected chi connectivity index (χ3v) is 2.29. The topological polar surface area (TPSA) is 9.23 Å². The summed E-state index contributed by atoms with van der Waals surface area (Å²) >= 11 is 0. The lowest BCUT2D eigenvalue weighted by molar-refractivity contribution is 0.195. The Bertz CT molecular complexity index is 258. The zero-order valence-corrected chi connectivity index (χ0v) is 7.42. The maximum atomic E-state index is 5.69. The SMILES string of the molecule is CCCCC1=CC2=CC=CC2O1. The van der Waals surface area contributed by atoms with Crippen LogP contribution in [-0.2, 0) is 4.74 Å². The second kappa shape index (κ2) is 3.18. The van der Waals surface area contributed by atoms with Gasteiger partial charge in [-0.3, -0.25) is 0 Å². The Morgan fingerprint density at radius 2 is 2.42 bits per heavy atom. The van der Waals surface area contributed by atoms with Gasteiger partial charge in [-0.05, 0) is 24.1 Å². The lowest BCUT2D eigenvalue weighted by atomic mass is 10.2. The van der Waals surface area contributed by atoms with Gasteiger partial charge in [0.05, 0.1) is 5.76 Å². The van der Waals surface area contributed by atoms with Crippen LogP contribution in [0.3, 0.4) is 0 Å². The molecule has 0 saturated carbocycles. The summed E-state index contributed by atoms with van der Waals surface area (Å²) < 4.78 is 5.69. The first kappa shape index (κ1) is 7.66. The molecule has 1 nitrogen and oxygen atoms in total. The van der Waals surface area contributed by atoms with E-state index in [1.54, 1.807) is 0 Å². The first-order chi connectivity index (χ1) is 5.90. The van der Waals surface area contributed by atoms with E-state index < -0.39 is 0 Å². The number of hydrogen-bond donors (Lipinski definition) is 0. The fourth-order valence-corrected chi connectivity index (χ4v) is 1.58. The summed E-state index contributed by atoms with van der Waals surface area (Å²) in [7, 11) is 0. The lowest BCUT2D eigenvalue weighted by Crippen LogP contribution is -2.00. The van der Waals surface area contributed by atoms with Crippen LogP contribution in [0.2, 0.25) is 0 Å². The molecule has 1 aliphatic heterocycles. The van der Waals surface area contributed by atoms with Gasteiger partial charge >= 0.3 is 0 Å². The lowest BCUT2D eigenvalue weighted by Gasteiger charge is -2.07. The first-order valence-electron chi connectivity index (χ1n) is 4.66. The van der Waals surface area contributed by atoms with Crippen molar-refractivity contribution in [3.8, 4) is 0 Å². The quantitative estimate of drug-likeness (QED) is 0.620. The molecule has 0 radical (unpaired) electrons. The molecule has 0 N–H and O–H groups in total. The van der Waals surface area contributed by atoms with Crippen molar-refractivity contribution in [3.05, 3.63) is 35.6 Å². The van der Waals surface area contributed by atoms with Crippen LogP contribution < -0.4 is 0 Å². The highest BCUT2D eigenvalue weighted by Crippen LogP contribution is 2.29. The van der Waals surface area contributed by atoms with Gasteiger partial charge in [0.2, 0.25) is 0 Å². The summed E-state index contributed by atoms with van der Waals surface area (Å²) in [6.07, 6.45) is 12.3. The summed E-state index contributed by atoms with van der Waals surface area (Å²) in [5.41, 5.74) is 1.32. The Morgan fingerprint density at radius 3 is 3.17 bits per heavy atom. The van der Waals surface area contributed by atoms with Gasteiger partial charge in [-0.1, -0.05) is 25.5 Å². The van der Waals surface area contributed by atoms with Crippen molar-refractivity contribution < 1.29 is 4.74 Å². The molecule has 0 aromatic rings. The highest BCUT2D eigenvalue weighted by atomic mass is 16.5. The number of rotatable bonds is 3. The molecule has 0 saturated heterocycles. The van der Waals surface area contributed by atoms with Crippen LogP contribution in [-0.4, -0.2) is 6.10 Å². The average molecular weight is 162 g/mol. The Kier molecular flexibility index (Phi) is 2.03. The highest BCUT2D eigenvalue weighted by molar-refractivity contribution is 5.42. The fraction of sp³-hybridized carbons (Fsp3) is 0.455. The minimum Gasteiger partial charge on any atom is -0.486 e. The van der Waals surface area contributed by atoms with Crippen LogP contribution in [0, 0.1) is 0 Å². The smallest absolute Gasteiger partial charge is 0.142 e. The predicted molar refractivity (Wildman–Crippen MR) is 49.7 cm³/mol. The van der Waals surface area contributed by atoms with Crippen LogP contribution in [0.4, 0.5) is 0 Å². The van der Waals surface area contributed by atoms with E-state index in [1.165, 1.54) is 18.4 Å². The largest absolute Gasteiger partial charge is 0.486 e. The summed E-state index contributed by atoms with van der Waals surface area (Å²) in [6.45, 7) is 2.20. The van der Waals surface area contributed by atoms with Crippen molar-refractivity contribution in [3.63, 3.8) is 0 Å². The number of hydrogen-bond acceptors (Lipinski definition) is 1. The van der Waals surface area contributed by atoms with E-state index in [4.69, 9.17) is 4.74 Å². The Balaban J connectivity index is 1.95. The Hall–Kier alpha value is -0.980. The zero-order valence-electron chi connectivity index (χ0n) is 7.42. The third kappa shape index (κ3) is 1.31. The van der Waals surface area contributed by atoms with Crippen molar-refractivity contribution in [2.45, 2.75) is 32.3 Å². The van der Waals surface area contributed by atoms with E-state index >= 15 is 0 Å². The van der Waals surface area contributed by atoms with Crippen LogP contribution in [0.1, 0.15) is 26.2 Å². The number of ether oxygens (including phenoxy) is 1. The molecule has 0 fully saturated rings. The molecule has 1 heteroatoms. The molecule has 64 valence electrons. The van der Waals surface area contributed by atoms with Gasteiger partial charge in [0.15, 0.2) is 0 Å². The molecule has 12 heavy (non-hydrogen) atoms. The minimum absolute atomic E-state index is 0.247. The van der Waals surface area contributed by atoms with Gasteiger partial charge in [0, 0.05) is 6.42 Å². The molecule has 2 aliphatic rings. The molecule has 1 heterocycles. The van der Waals surface area contributed by atoms with Crippen LogP contribution in [0.5, 0.6) is 0 Å². The van der Waals surface area contributed by atoms with Gasteiger partial charge in [0.1, 0.15) is 6.10 Å². The van der Waals surface area contributed by atoms with Crippen molar-refractivity contribution >= 4 is 0 Å². The standard InChI is InChI=1S/C11H14O/c1-2-3-6-10-8-9-5-4-7-11(9)12-10/h4-5,7-8,11H,2-3,6H2,1H3. The van der Waals surface area contributed by atoms with E-state index in [9.17, 15) is 0 Å². The van der Waals surface area contributed by atoms with Gasteiger partial charge < -0.3 is 4.74 Å². The molecule has 0 bridgehead atoms. The summed E-state index contributed by atoms with van der Waals surface area (Å²) in [4.78, 5) is 0. The molecular weight excluding hydrogens is 148 g/mol. The molecule has 0 amide bonds. The first-order valence-corrected chi connectivity index (χ1v) is 4.66. The molecule has 0 spiro atoms.